The molecule has 4 nitrogen and oxygen atoms in total. The van der Waals surface area contributed by atoms with Gasteiger partial charge in [-0.25, -0.2) is 9.97 Å². The van der Waals surface area contributed by atoms with Crippen molar-refractivity contribution in [3.8, 4) is 34.5 Å². The van der Waals surface area contributed by atoms with Gasteiger partial charge in [0.25, 0.3) is 0 Å². The largest absolute Gasteiger partial charge is 0.237 e. The van der Waals surface area contributed by atoms with Crippen LogP contribution in [0.2, 0.25) is 0 Å². The molecule has 7 rings (SSSR count). The summed E-state index contributed by atoms with van der Waals surface area (Å²) in [4.78, 5) is 9.30. The molecule has 6 aromatic carbocycles. The summed E-state index contributed by atoms with van der Waals surface area (Å²) in [5.74, 6) is 0. The Morgan fingerprint density at radius 3 is 1.59 bits per heavy atom. The van der Waals surface area contributed by atoms with E-state index in [0.717, 1.165) is 49.0 Å². The molecule has 0 aliphatic rings. The topological polar surface area (TPSA) is 73.4 Å². The third-order valence-corrected chi connectivity index (χ3v) is 7.49. The Kier molecular flexibility index (Phi) is 5.08. The van der Waals surface area contributed by atoms with Crippen LogP contribution in [-0.4, -0.2) is 9.97 Å². The Labute approximate surface area is 225 Å². The van der Waals surface area contributed by atoms with Crippen molar-refractivity contribution in [2.75, 3.05) is 0 Å². The molecule has 0 fully saturated rings. The second kappa shape index (κ2) is 8.77. The summed E-state index contributed by atoms with van der Waals surface area (Å²) in [7, 11) is 0. The zero-order valence-electron chi connectivity index (χ0n) is 21.1. The lowest BCUT2D eigenvalue weighted by Crippen LogP contribution is -2.03. The molecule has 0 radical (unpaired) electrons. The average Bonchev–Trinajstić information content (AvgIpc) is 3.00. The number of hydrogen-bond acceptors (Lipinski definition) is 4. The van der Waals surface area contributed by atoms with Crippen LogP contribution in [0.25, 0.3) is 65.5 Å². The van der Waals surface area contributed by atoms with E-state index in [1.807, 2.05) is 25.1 Å². The van der Waals surface area contributed by atoms with Crippen molar-refractivity contribution in [3.63, 3.8) is 0 Å². The number of hydrogen-bond donors (Lipinski definition) is 0. The molecule has 1 aromatic heterocycles. The minimum atomic E-state index is 0.0321. The second-order valence-corrected chi connectivity index (χ2v) is 9.61. The Morgan fingerprint density at radius 2 is 0.974 bits per heavy atom. The van der Waals surface area contributed by atoms with Crippen molar-refractivity contribution in [2.24, 2.45) is 0 Å². The second-order valence-electron chi connectivity index (χ2n) is 9.61. The predicted molar refractivity (Wildman–Crippen MR) is 157 cm³/mol. The fourth-order valence-corrected chi connectivity index (χ4v) is 5.84. The maximum absolute atomic E-state index is 9.84. The maximum atomic E-state index is 9.84. The number of aromatic nitrogens is 2. The predicted octanol–water partition coefficient (Wildman–Crippen LogP) is 8.48. The van der Waals surface area contributed by atoms with Crippen molar-refractivity contribution in [3.05, 3.63) is 120 Å². The van der Waals surface area contributed by atoms with E-state index in [-0.39, 0.29) is 11.4 Å². The fraction of sp³-hybridized carbons (Fsp3) is 0.0286. The van der Waals surface area contributed by atoms with Gasteiger partial charge in [-0.15, -0.1) is 0 Å². The third-order valence-electron chi connectivity index (χ3n) is 7.49. The van der Waals surface area contributed by atoms with Crippen molar-refractivity contribution in [1.82, 2.24) is 9.97 Å². The van der Waals surface area contributed by atoms with Gasteiger partial charge >= 0.3 is 0 Å². The van der Waals surface area contributed by atoms with E-state index >= 15 is 0 Å². The molecule has 1 heterocycles. The van der Waals surface area contributed by atoms with Gasteiger partial charge < -0.3 is 0 Å². The molecule has 0 unspecified atom stereocenters. The molecule has 4 heteroatoms. The molecule has 0 saturated heterocycles. The molecule has 180 valence electrons. The molecule has 0 spiro atoms. The summed E-state index contributed by atoms with van der Waals surface area (Å²) in [5.41, 5.74) is 4.33. The fourth-order valence-electron chi connectivity index (χ4n) is 5.84. The van der Waals surface area contributed by atoms with E-state index < -0.39 is 0 Å². The van der Waals surface area contributed by atoms with Crippen molar-refractivity contribution >= 4 is 43.1 Å². The third kappa shape index (κ3) is 3.37. The Balaban J connectivity index is 1.76. The average molecular weight is 497 g/mol. The van der Waals surface area contributed by atoms with Crippen LogP contribution in [0.1, 0.15) is 17.1 Å². The highest BCUT2D eigenvalue weighted by molar-refractivity contribution is 6.25. The number of rotatable bonds is 2. The van der Waals surface area contributed by atoms with E-state index in [9.17, 15) is 10.5 Å². The molecule has 0 atom stereocenters. The summed E-state index contributed by atoms with van der Waals surface area (Å²) in [5, 5.41) is 28.5. The molecule has 0 aliphatic heterocycles. The smallest absolute Gasteiger partial charge is 0.177 e. The number of nitriles is 2. The highest BCUT2D eigenvalue weighted by Crippen LogP contribution is 2.47. The zero-order valence-corrected chi connectivity index (χ0v) is 21.1. The van der Waals surface area contributed by atoms with Crippen LogP contribution in [0.4, 0.5) is 0 Å². The Morgan fingerprint density at radius 1 is 0.513 bits per heavy atom. The van der Waals surface area contributed by atoms with Crippen LogP contribution in [-0.2, 0) is 0 Å². The summed E-state index contributed by atoms with van der Waals surface area (Å²) in [6.07, 6.45) is 0. The van der Waals surface area contributed by atoms with Gasteiger partial charge in [-0.3, -0.25) is 0 Å². The van der Waals surface area contributed by atoms with Crippen molar-refractivity contribution < 1.29 is 0 Å². The summed E-state index contributed by atoms with van der Waals surface area (Å²) >= 11 is 0. The molecular formula is C35H20N4. The zero-order chi connectivity index (χ0) is 26.5. The standard InChI is InChI=1S/C35H20N4/c1-21-35(39-32(20-37)31(19-36)38-21)34-29-17-9-7-14-26(29)25-13-6-8-16-28(25)33(34)30-18-22-10-2-3-11-23(22)24-12-4-5-15-27(24)30/h2-18H,1H3. The molecular weight excluding hydrogens is 476 g/mol. The maximum Gasteiger partial charge on any atom is 0.177 e. The van der Waals surface area contributed by atoms with Gasteiger partial charge in [0.05, 0.1) is 11.4 Å². The normalized spacial score (nSPS) is 11.2. The van der Waals surface area contributed by atoms with Crippen molar-refractivity contribution in [1.29, 1.82) is 10.5 Å². The van der Waals surface area contributed by atoms with Gasteiger partial charge in [-0.05, 0) is 61.6 Å². The summed E-state index contributed by atoms with van der Waals surface area (Å²) in [6, 6.07) is 40.1. The van der Waals surface area contributed by atoms with Crippen LogP contribution in [0.5, 0.6) is 0 Å². The minimum Gasteiger partial charge on any atom is -0.237 e. The SMILES string of the molecule is Cc1nc(C#N)c(C#N)nc1-c1c(-c2cc3ccccc3c3ccccc23)c2ccccc2c2ccccc12. The highest BCUT2D eigenvalue weighted by Gasteiger charge is 2.23. The number of benzene rings is 6. The molecule has 39 heavy (non-hydrogen) atoms. The van der Waals surface area contributed by atoms with E-state index in [2.05, 4.69) is 102 Å². The number of nitrogens with zero attached hydrogens (tertiary/aromatic N) is 4. The Hall–Kier alpha value is -5.58. The lowest BCUT2D eigenvalue weighted by atomic mass is 9.83. The molecule has 7 aromatic rings. The molecule has 0 saturated carbocycles. The van der Waals surface area contributed by atoms with Crippen LogP contribution in [0.3, 0.4) is 0 Å². The molecule has 0 bridgehead atoms. The highest BCUT2D eigenvalue weighted by atomic mass is 14.8. The van der Waals surface area contributed by atoms with E-state index in [1.54, 1.807) is 0 Å². The number of fused-ring (bicyclic) bond motifs is 6. The van der Waals surface area contributed by atoms with Gasteiger partial charge in [0.15, 0.2) is 11.4 Å². The van der Waals surface area contributed by atoms with E-state index in [1.165, 1.54) is 10.8 Å². The quantitative estimate of drug-likeness (QED) is 0.225. The lowest BCUT2D eigenvalue weighted by Gasteiger charge is -2.21. The van der Waals surface area contributed by atoms with Crippen LogP contribution in [0, 0.1) is 29.6 Å². The molecule has 0 N–H and O–H groups in total. The first kappa shape index (κ1) is 22.6. The van der Waals surface area contributed by atoms with E-state index in [4.69, 9.17) is 4.98 Å². The first-order chi connectivity index (χ1) is 19.2. The van der Waals surface area contributed by atoms with Gasteiger partial charge in [-0.1, -0.05) is 97.1 Å². The molecule has 0 amide bonds. The first-order valence-electron chi connectivity index (χ1n) is 12.7. The Bertz CT molecular complexity index is 2210. The molecule has 0 aliphatic carbocycles. The van der Waals surface area contributed by atoms with Gasteiger partial charge in [0, 0.05) is 11.1 Å². The van der Waals surface area contributed by atoms with Crippen molar-refractivity contribution in [2.45, 2.75) is 6.92 Å². The van der Waals surface area contributed by atoms with Crippen LogP contribution in [0.15, 0.2) is 103 Å². The van der Waals surface area contributed by atoms with Crippen LogP contribution < -0.4 is 0 Å². The number of aryl methyl sites for hydroxylation is 1. The minimum absolute atomic E-state index is 0.0321. The summed E-state index contributed by atoms with van der Waals surface area (Å²) < 4.78 is 0. The van der Waals surface area contributed by atoms with Crippen LogP contribution >= 0.6 is 0 Å². The summed E-state index contributed by atoms with van der Waals surface area (Å²) in [6.45, 7) is 1.86. The van der Waals surface area contributed by atoms with E-state index in [0.29, 0.717) is 11.4 Å². The lowest BCUT2D eigenvalue weighted by molar-refractivity contribution is 1.08. The van der Waals surface area contributed by atoms with Gasteiger partial charge in [-0.2, -0.15) is 10.5 Å². The van der Waals surface area contributed by atoms with Gasteiger partial charge in [0.1, 0.15) is 12.1 Å². The first-order valence-corrected chi connectivity index (χ1v) is 12.7. The van der Waals surface area contributed by atoms with Gasteiger partial charge in [0.2, 0.25) is 0 Å². The monoisotopic (exact) mass is 496 g/mol.